The van der Waals surface area contributed by atoms with Crippen molar-refractivity contribution in [2.75, 3.05) is 26.7 Å². The second-order valence-corrected chi connectivity index (χ2v) is 7.98. The Hall–Kier alpha value is -2.56. The van der Waals surface area contributed by atoms with E-state index in [4.69, 9.17) is 16.3 Å². The fourth-order valence-electron chi connectivity index (χ4n) is 4.35. The quantitative estimate of drug-likeness (QED) is 0.652. The van der Waals surface area contributed by atoms with Crippen molar-refractivity contribution in [1.29, 1.82) is 0 Å². The van der Waals surface area contributed by atoms with Gasteiger partial charge < -0.3 is 15.0 Å². The maximum Gasteiger partial charge on any atom is 0.255 e. The molecule has 5 heteroatoms. The highest BCUT2D eigenvalue weighted by Crippen LogP contribution is 2.25. The highest BCUT2D eigenvalue weighted by atomic mass is 35.5. The van der Waals surface area contributed by atoms with E-state index in [0.717, 1.165) is 13.1 Å². The molecule has 1 heterocycles. The Morgan fingerprint density at radius 2 is 1.86 bits per heavy atom. The number of carbonyl (C=O) groups excluding carboxylic acids is 1. The molecule has 0 spiro atoms. The van der Waals surface area contributed by atoms with Crippen LogP contribution in [0.5, 0.6) is 5.75 Å². The van der Waals surface area contributed by atoms with E-state index in [2.05, 4.69) is 47.8 Å². The van der Waals surface area contributed by atoms with Gasteiger partial charge in [-0.3, -0.25) is 4.79 Å². The Balaban J connectivity index is 1.62. The van der Waals surface area contributed by atoms with Gasteiger partial charge in [0.05, 0.1) is 32.3 Å². The van der Waals surface area contributed by atoms with E-state index < -0.39 is 0 Å². The lowest BCUT2D eigenvalue weighted by Gasteiger charge is -2.26. The molecule has 1 amide bonds. The number of ether oxygens (including phenoxy) is 1. The van der Waals surface area contributed by atoms with Gasteiger partial charge >= 0.3 is 0 Å². The molecule has 1 atom stereocenters. The average molecular weight is 410 g/mol. The van der Waals surface area contributed by atoms with Crippen LogP contribution in [0.15, 0.2) is 60.7 Å². The summed E-state index contributed by atoms with van der Waals surface area (Å²) in [6.07, 6.45) is 2.46. The summed E-state index contributed by atoms with van der Waals surface area (Å²) < 4.78 is 5.35. The molecule has 1 aliphatic rings. The van der Waals surface area contributed by atoms with E-state index >= 15 is 0 Å². The molecule has 3 aromatic carbocycles. The molecule has 1 fully saturated rings. The molecule has 0 saturated carbocycles. The summed E-state index contributed by atoms with van der Waals surface area (Å²) in [5.41, 5.74) is 1.76. The van der Waals surface area contributed by atoms with E-state index in [-0.39, 0.29) is 11.9 Å². The lowest BCUT2D eigenvalue weighted by molar-refractivity contribution is -0.918. The van der Waals surface area contributed by atoms with Crippen LogP contribution in [0.2, 0.25) is 5.02 Å². The molecule has 29 heavy (non-hydrogen) atoms. The second kappa shape index (κ2) is 8.85. The van der Waals surface area contributed by atoms with Crippen molar-refractivity contribution in [3.05, 3.63) is 76.8 Å². The summed E-state index contributed by atoms with van der Waals surface area (Å²) in [7, 11) is 1.56. The minimum Gasteiger partial charge on any atom is -0.496 e. The minimum absolute atomic E-state index is 0.159. The number of amides is 1. The molecule has 0 aliphatic carbocycles. The maximum absolute atomic E-state index is 12.9. The number of hydrogen-bond acceptors (Lipinski definition) is 2. The minimum atomic E-state index is -0.159. The molecule has 0 radical (unpaired) electrons. The fraction of sp³-hybridized carbons (Fsp3) is 0.292. The van der Waals surface area contributed by atoms with Crippen LogP contribution in [-0.4, -0.2) is 32.7 Å². The number of hydrogen-bond donors (Lipinski definition) is 2. The number of nitrogens with one attached hydrogen (secondary N) is 2. The first-order valence-electron chi connectivity index (χ1n) is 10.1. The first-order chi connectivity index (χ1) is 14.2. The first kappa shape index (κ1) is 19.7. The molecule has 0 aromatic heterocycles. The highest BCUT2D eigenvalue weighted by molar-refractivity contribution is 6.31. The Morgan fingerprint density at radius 1 is 1.10 bits per heavy atom. The standard InChI is InChI=1S/C24H25ClN2O2/c1-29-23-12-11-18(25)15-21(23)24(28)26-16-22(27-13-4-5-14-27)20-10-6-8-17-7-2-3-9-19(17)20/h2-3,6-12,15,22H,4-5,13-14,16H2,1H3,(H,26,28)/p+1/t22-/m0/s1. The first-order valence-corrected chi connectivity index (χ1v) is 10.5. The highest BCUT2D eigenvalue weighted by Gasteiger charge is 2.29. The second-order valence-electron chi connectivity index (χ2n) is 7.54. The van der Waals surface area contributed by atoms with Crippen LogP contribution in [-0.2, 0) is 0 Å². The van der Waals surface area contributed by atoms with Gasteiger partial charge in [-0.05, 0) is 29.0 Å². The van der Waals surface area contributed by atoms with Crippen LogP contribution >= 0.6 is 11.6 Å². The number of likely N-dealkylation sites (tertiary alicyclic amines) is 1. The van der Waals surface area contributed by atoms with Crippen molar-refractivity contribution in [2.45, 2.75) is 18.9 Å². The van der Waals surface area contributed by atoms with E-state index in [1.165, 1.54) is 34.1 Å². The largest absolute Gasteiger partial charge is 0.496 e. The van der Waals surface area contributed by atoms with Crippen LogP contribution < -0.4 is 15.0 Å². The number of carbonyl (C=O) groups is 1. The summed E-state index contributed by atoms with van der Waals surface area (Å²) in [5.74, 6) is 0.371. The molecular weight excluding hydrogens is 384 g/mol. The molecule has 2 N–H and O–H groups in total. The summed E-state index contributed by atoms with van der Waals surface area (Å²) >= 11 is 6.11. The third kappa shape index (κ3) is 4.24. The lowest BCUT2D eigenvalue weighted by atomic mass is 9.97. The number of quaternary nitrogens is 1. The molecule has 1 saturated heterocycles. The Kier molecular flexibility index (Phi) is 6.02. The number of halogens is 1. The van der Waals surface area contributed by atoms with Crippen molar-refractivity contribution in [1.82, 2.24) is 5.32 Å². The number of fused-ring (bicyclic) bond motifs is 1. The SMILES string of the molecule is COc1ccc(Cl)cc1C(=O)NC[C@@H](c1cccc2ccccc12)[NH+]1CCCC1. The molecule has 4 nitrogen and oxygen atoms in total. The van der Waals surface area contributed by atoms with Gasteiger partial charge in [0.1, 0.15) is 11.8 Å². The topological polar surface area (TPSA) is 42.8 Å². The van der Waals surface area contributed by atoms with Gasteiger partial charge in [-0.2, -0.15) is 0 Å². The van der Waals surface area contributed by atoms with Gasteiger partial charge in [0, 0.05) is 23.4 Å². The van der Waals surface area contributed by atoms with Crippen LogP contribution in [0.25, 0.3) is 10.8 Å². The summed E-state index contributed by atoms with van der Waals surface area (Å²) in [6, 6.07) is 20.2. The van der Waals surface area contributed by atoms with Crippen molar-refractivity contribution in [2.24, 2.45) is 0 Å². The zero-order valence-electron chi connectivity index (χ0n) is 16.6. The van der Waals surface area contributed by atoms with Gasteiger partial charge in [0.15, 0.2) is 0 Å². The zero-order chi connectivity index (χ0) is 20.2. The van der Waals surface area contributed by atoms with Gasteiger partial charge in [0.2, 0.25) is 0 Å². The normalized spacial score (nSPS) is 15.4. The molecule has 150 valence electrons. The van der Waals surface area contributed by atoms with Crippen LogP contribution in [0, 0.1) is 0 Å². The van der Waals surface area contributed by atoms with Gasteiger partial charge in [-0.1, -0.05) is 54.1 Å². The Bertz CT molecular complexity index is 1010. The smallest absolute Gasteiger partial charge is 0.255 e. The molecule has 3 aromatic rings. The van der Waals surface area contributed by atoms with Crippen LogP contribution in [0.4, 0.5) is 0 Å². The van der Waals surface area contributed by atoms with Crippen molar-refractivity contribution in [3.8, 4) is 5.75 Å². The van der Waals surface area contributed by atoms with Crippen molar-refractivity contribution >= 4 is 28.3 Å². The summed E-state index contributed by atoms with van der Waals surface area (Å²) in [4.78, 5) is 14.5. The van der Waals surface area contributed by atoms with E-state index in [9.17, 15) is 4.79 Å². The summed E-state index contributed by atoms with van der Waals surface area (Å²) in [5, 5.41) is 6.15. The van der Waals surface area contributed by atoms with E-state index in [1.54, 1.807) is 25.3 Å². The molecule has 1 aliphatic heterocycles. The number of rotatable bonds is 6. The predicted octanol–water partition coefficient (Wildman–Crippen LogP) is 3.65. The lowest BCUT2D eigenvalue weighted by Crippen LogP contribution is -3.11. The fourth-order valence-corrected chi connectivity index (χ4v) is 4.53. The third-order valence-corrected chi connectivity index (χ3v) is 6.05. The number of methoxy groups -OCH3 is 1. The van der Waals surface area contributed by atoms with Crippen molar-refractivity contribution < 1.29 is 14.4 Å². The average Bonchev–Trinajstić information content (AvgIpc) is 3.28. The molecule has 0 unspecified atom stereocenters. The van der Waals surface area contributed by atoms with Crippen LogP contribution in [0.3, 0.4) is 0 Å². The third-order valence-electron chi connectivity index (χ3n) is 5.81. The van der Waals surface area contributed by atoms with Crippen LogP contribution in [0.1, 0.15) is 34.8 Å². The van der Waals surface area contributed by atoms with Gasteiger partial charge in [-0.25, -0.2) is 0 Å². The van der Waals surface area contributed by atoms with Gasteiger partial charge in [0.25, 0.3) is 5.91 Å². The zero-order valence-corrected chi connectivity index (χ0v) is 17.3. The van der Waals surface area contributed by atoms with E-state index in [0.29, 0.717) is 22.9 Å². The Morgan fingerprint density at radius 3 is 2.66 bits per heavy atom. The molecule has 4 rings (SSSR count). The van der Waals surface area contributed by atoms with Crippen molar-refractivity contribution in [3.63, 3.8) is 0 Å². The van der Waals surface area contributed by atoms with E-state index in [1.807, 2.05) is 0 Å². The Labute approximate surface area is 176 Å². The molecular formula is C24H26ClN2O2+. The summed E-state index contributed by atoms with van der Waals surface area (Å²) in [6.45, 7) is 2.83. The monoisotopic (exact) mass is 409 g/mol. The number of benzene rings is 3. The van der Waals surface area contributed by atoms with Gasteiger partial charge in [-0.15, -0.1) is 0 Å². The maximum atomic E-state index is 12.9. The molecule has 0 bridgehead atoms. The predicted molar refractivity (Wildman–Crippen MR) is 117 cm³/mol.